The maximum atomic E-state index is 12.4. The second-order valence-corrected chi connectivity index (χ2v) is 8.93. The van der Waals surface area contributed by atoms with Crippen molar-refractivity contribution in [3.05, 3.63) is 0 Å². The fourth-order valence-corrected chi connectivity index (χ4v) is 2.63. The van der Waals surface area contributed by atoms with Gasteiger partial charge in [-0.15, -0.1) is 0 Å². The van der Waals surface area contributed by atoms with E-state index in [1.165, 1.54) is 7.11 Å². The Morgan fingerprint density at radius 2 is 1.42 bits per heavy atom. The first-order valence-corrected chi connectivity index (χ1v) is 12.4. The average molecular weight is 520 g/mol. The van der Waals surface area contributed by atoms with E-state index in [9.17, 15) is 19.2 Å². The van der Waals surface area contributed by atoms with E-state index in [0.717, 1.165) is 19.4 Å². The first-order chi connectivity index (χ1) is 17.1. The van der Waals surface area contributed by atoms with Crippen molar-refractivity contribution in [2.24, 2.45) is 0 Å². The minimum atomic E-state index is -1.06. The van der Waals surface area contributed by atoms with Gasteiger partial charge in [0, 0.05) is 26.2 Å². The zero-order valence-corrected chi connectivity index (χ0v) is 22.4. The van der Waals surface area contributed by atoms with E-state index in [0.29, 0.717) is 46.0 Å². The first kappa shape index (κ1) is 33.6. The van der Waals surface area contributed by atoms with Crippen molar-refractivity contribution in [1.29, 1.82) is 0 Å². The fraction of sp³-hybridized carbons (Fsp3) is 0.833. The van der Waals surface area contributed by atoms with Gasteiger partial charge in [0.25, 0.3) is 0 Å². The standard InChI is InChI=1S/C24H45N3O9/c1-6-7-12-33-14-16-35-17-15-34-13-8-11-25-20(28)10-9-19(22(30)26-18-21(29)32-5)27-23(31)36-24(2,3)4/h19H,6-18H2,1-5H3,(H,25,28)(H,26,30)(H,27,31)/t19-/m0/s1. The van der Waals surface area contributed by atoms with Gasteiger partial charge in [0.2, 0.25) is 11.8 Å². The highest BCUT2D eigenvalue weighted by molar-refractivity contribution is 5.88. The number of ether oxygens (including phenoxy) is 5. The highest BCUT2D eigenvalue weighted by Gasteiger charge is 2.25. The summed E-state index contributed by atoms with van der Waals surface area (Å²) in [5.41, 5.74) is -0.759. The van der Waals surface area contributed by atoms with Gasteiger partial charge in [0.15, 0.2) is 0 Å². The largest absolute Gasteiger partial charge is 0.468 e. The van der Waals surface area contributed by atoms with Crippen LogP contribution in [0.2, 0.25) is 0 Å². The van der Waals surface area contributed by atoms with Crippen LogP contribution in [0.5, 0.6) is 0 Å². The van der Waals surface area contributed by atoms with E-state index in [1.807, 2.05) is 0 Å². The summed E-state index contributed by atoms with van der Waals surface area (Å²) in [6.07, 6.45) is 1.98. The Hall–Kier alpha value is -2.44. The molecule has 12 nitrogen and oxygen atoms in total. The number of alkyl carbamates (subject to hydrolysis) is 1. The number of hydrogen-bond acceptors (Lipinski definition) is 9. The molecule has 3 amide bonds. The van der Waals surface area contributed by atoms with Crippen LogP contribution in [0, 0.1) is 0 Å². The Labute approximate surface area is 214 Å². The van der Waals surface area contributed by atoms with Crippen LogP contribution in [0.25, 0.3) is 0 Å². The van der Waals surface area contributed by atoms with Gasteiger partial charge >= 0.3 is 12.1 Å². The Bertz CT molecular complexity index is 639. The van der Waals surface area contributed by atoms with Gasteiger partial charge in [-0.05, 0) is 40.0 Å². The molecular formula is C24H45N3O9. The highest BCUT2D eigenvalue weighted by atomic mass is 16.6. The SMILES string of the molecule is CCCCOCCOCCOCCCNC(=O)CC[C@H](NC(=O)OC(C)(C)C)C(=O)NCC(=O)OC. The minimum Gasteiger partial charge on any atom is -0.468 e. The van der Waals surface area contributed by atoms with E-state index in [4.69, 9.17) is 18.9 Å². The molecule has 0 unspecified atom stereocenters. The van der Waals surface area contributed by atoms with Crippen LogP contribution in [0.4, 0.5) is 4.79 Å². The summed E-state index contributed by atoms with van der Waals surface area (Å²) in [5.74, 6) is -1.54. The van der Waals surface area contributed by atoms with E-state index >= 15 is 0 Å². The molecule has 0 aromatic carbocycles. The van der Waals surface area contributed by atoms with Crippen molar-refractivity contribution in [2.45, 2.75) is 71.4 Å². The quantitative estimate of drug-likeness (QED) is 0.160. The van der Waals surface area contributed by atoms with Gasteiger partial charge in [0.1, 0.15) is 18.2 Å². The van der Waals surface area contributed by atoms with Gasteiger partial charge in [0.05, 0.1) is 33.5 Å². The molecule has 0 radical (unpaired) electrons. The monoisotopic (exact) mass is 519 g/mol. The Kier molecular flexibility index (Phi) is 19.3. The van der Waals surface area contributed by atoms with E-state index in [-0.39, 0.29) is 25.3 Å². The molecule has 0 saturated carbocycles. The second kappa shape index (κ2) is 20.7. The van der Waals surface area contributed by atoms with E-state index in [1.54, 1.807) is 20.8 Å². The molecular weight excluding hydrogens is 474 g/mol. The zero-order chi connectivity index (χ0) is 27.2. The molecule has 1 atom stereocenters. The van der Waals surface area contributed by atoms with Crippen LogP contribution >= 0.6 is 0 Å². The van der Waals surface area contributed by atoms with Crippen molar-refractivity contribution in [3.8, 4) is 0 Å². The number of carbonyl (C=O) groups is 4. The molecule has 0 fully saturated rings. The molecule has 0 spiro atoms. The molecule has 3 N–H and O–H groups in total. The van der Waals surface area contributed by atoms with E-state index in [2.05, 4.69) is 27.6 Å². The topological polar surface area (TPSA) is 151 Å². The van der Waals surface area contributed by atoms with Gasteiger partial charge in [-0.1, -0.05) is 13.3 Å². The molecule has 12 heteroatoms. The van der Waals surface area contributed by atoms with Crippen molar-refractivity contribution in [3.63, 3.8) is 0 Å². The fourth-order valence-electron chi connectivity index (χ4n) is 2.63. The molecule has 0 heterocycles. The molecule has 0 bridgehead atoms. The van der Waals surface area contributed by atoms with Gasteiger partial charge in [-0.2, -0.15) is 0 Å². The van der Waals surface area contributed by atoms with Gasteiger partial charge < -0.3 is 39.6 Å². The summed E-state index contributed by atoms with van der Waals surface area (Å²) in [7, 11) is 1.19. The molecule has 0 aliphatic heterocycles. The van der Waals surface area contributed by atoms with Crippen LogP contribution in [0.3, 0.4) is 0 Å². The normalized spacial score (nSPS) is 11.9. The third kappa shape index (κ3) is 20.9. The second-order valence-electron chi connectivity index (χ2n) is 8.93. The molecule has 0 aromatic rings. The Morgan fingerprint density at radius 3 is 1.97 bits per heavy atom. The van der Waals surface area contributed by atoms with Crippen molar-refractivity contribution < 1.29 is 42.9 Å². The number of esters is 1. The number of amides is 3. The highest BCUT2D eigenvalue weighted by Crippen LogP contribution is 2.08. The number of carbonyl (C=O) groups excluding carboxylic acids is 4. The summed E-state index contributed by atoms with van der Waals surface area (Å²) in [6, 6.07) is -1.06. The molecule has 0 aliphatic rings. The number of unbranched alkanes of at least 4 members (excludes halogenated alkanes) is 1. The predicted molar refractivity (Wildman–Crippen MR) is 132 cm³/mol. The molecule has 0 rings (SSSR count). The smallest absolute Gasteiger partial charge is 0.408 e. The van der Waals surface area contributed by atoms with Crippen LogP contribution < -0.4 is 16.0 Å². The molecule has 0 aliphatic carbocycles. The molecule has 0 aromatic heterocycles. The van der Waals surface area contributed by atoms with Crippen LogP contribution in [-0.2, 0) is 38.1 Å². The lowest BCUT2D eigenvalue weighted by atomic mass is 10.1. The maximum Gasteiger partial charge on any atom is 0.408 e. The molecule has 36 heavy (non-hydrogen) atoms. The van der Waals surface area contributed by atoms with Crippen molar-refractivity contribution in [1.82, 2.24) is 16.0 Å². The van der Waals surface area contributed by atoms with Crippen LogP contribution in [-0.4, -0.2) is 95.4 Å². The third-order valence-electron chi connectivity index (χ3n) is 4.48. The number of nitrogens with one attached hydrogen (secondary N) is 3. The number of rotatable bonds is 20. The molecule has 210 valence electrons. The summed E-state index contributed by atoms with van der Waals surface area (Å²) in [6.45, 7) is 10.5. The third-order valence-corrected chi connectivity index (χ3v) is 4.48. The van der Waals surface area contributed by atoms with Crippen LogP contribution in [0.1, 0.15) is 59.8 Å². The number of hydrogen-bond donors (Lipinski definition) is 3. The predicted octanol–water partition coefficient (Wildman–Crippen LogP) is 1.31. The summed E-state index contributed by atoms with van der Waals surface area (Å²) < 4.78 is 25.9. The first-order valence-electron chi connectivity index (χ1n) is 12.4. The lowest BCUT2D eigenvalue weighted by Gasteiger charge is -2.23. The lowest BCUT2D eigenvalue weighted by Crippen LogP contribution is -2.49. The average Bonchev–Trinajstić information content (AvgIpc) is 2.81. The Morgan fingerprint density at radius 1 is 0.833 bits per heavy atom. The van der Waals surface area contributed by atoms with Crippen molar-refractivity contribution in [2.75, 3.05) is 59.8 Å². The summed E-state index contributed by atoms with van der Waals surface area (Å²) in [5, 5.41) is 7.56. The van der Waals surface area contributed by atoms with Crippen molar-refractivity contribution >= 4 is 23.9 Å². The lowest BCUT2D eigenvalue weighted by molar-refractivity contribution is -0.141. The minimum absolute atomic E-state index is 0.0128. The van der Waals surface area contributed by atoms with Crippen LogP contribution in [0.15, 0.2) is 0 Å². The summed E-state index contributed by atoms with van der Waals surface area (Å²) in [4.78, 5) is 47.9. The molecule has 0 saturated heterocycles. The summed E-state index contributed by atoms with van der Waals surface area (Å²) >= 11 is 0. The Balaban J connectivity index is 4.15. The van der Waals surface area contributed by atoms with Gasteiger partial charge in [-0.25, -0.2) is 4.79 Å². The zero-order valence-electron chi connectivity index (χ0n) is 22.4. The van der Waals surface area contributed by atoms with E-state index < -0.39 is 29.6 Å². The number of methoxy groups -OCH3 is 1. The van der Waals surface area contributed by atoms with Gasteiger partial charge in [-0.3, -0.25) is 14.4 Å². The maximum absolute atomic E-state index is 12.4.